The van der Waals surface area contributed by atoms with Gasteiger partial charge in [0.05, 0.1) is 23.6 Å². The van der Waals surface area contributed by atoms with Gasteiger partial charge < -0.3 is 15.2 Å². The van der Waals surface area contributed by atoms with E-state index in [4.69, 9.17) is 9.84 Å². The highest BCUT2D eigenvalue weighted by molar-refractivity contribution is 8.00. The fourth-order valence-electron chi connectivity index (χ4n) is 2.06. The second-order valence-electron chi connectivity index (χ2n) is 5.07. The van der Waals surface area contributed by atoms with Crippen molar-refractivity contribution in [2.75, 3.05) is 12.4 Å². The van der Waals surface area contributed by atoms with Crippen molar-refractivity contribution >= 4 is 29.3 Å². The third-order valence-electron chi connectivity index (χ3n) is 3.38. The van der Waals surface area contributed by atoms with Crippen LogP contribution in [0.15, 0.2) is 32.5 Å². The molecule has 0 saturated carbocycles. The second kappa shape index (κ2) is 7.88. The van der Waals surface area contributed by atoms with E-state index in [0.29, 0.717) is 12.1 Å². The van der Waals surface area contributed by atoms with Crippen LogP contribution in [0.25, 0.3) is 0 Å². The Kier molecular flexibility index (Phi) is 5.86. The summed E-state index contributed by atoms with van der Waals surface area (Å²) < 4.78 is 11.2. The predicted molar refractivity (Wildman–Crippen MR) is 89.0 cm³/mol. The maximum absolute atomic E-state index is 12.5. The number of nitrogens with zero attached hydrogens (tertiary/aromatic N) is 1. The van der Waals surface area contributed by atoms with Gasteiger partial charge in [-0.05, 0) is 41.7 Å². The van der Waals surface area contributed by atoms with Crippen molar-refractivity contribution in [1.82, 2.24) is 5.27 Å². The number of aromatic amines is 1. The van der Waals surface area contributed by atoms with E-state index in [1.165, 1.54) is 30.0 Å². The van der Waals surface area contributed by atoms with E-state index >= 15 is 0 Å². The lowest BCUT2D eigenvalue weighted by molar-refractivity contribution is -0.772. The van der Waals surface area contributed by atoms with Crippen molar-refractivity contribution < 1.29 is 28.6 Å². The molecule has 0 fully saturated rings. The molecule has 0 saturated heterocycles. The average Bonchev–Trinajstić information content (AvgIpc) is 2.90. The maximum atomic E-state index is 12.5. The molecule has 3 N–H and O–H groups in total. The Morgan fingerprint density at radius 2 is 2.20 bits per heavy atom. The summed E-state index contributed by atoms with van der Waals surface area (Å²) in [5.41, 5.74) is -0.155. The molecule has 25 heavy (non-hydrogen) atoms. The summed E-state index contributed by atoms with van der Waals surface area (Å²) in [7, 11) is 2.99. The number of benzene rings is 1. The number of carboxylic acid groups (broad SMARTS) is 1. The van der Waals surface area contributed by atoms with Gasteiger partial charge in [-0.1, -0.05) is 11.6 Å². The Morgan fingerprint density at radius 3 is 2.72 bits per heavy atom. The smallest absolute Gasteiger partial charge is 0.441 e. The van der Waals surface area contributed by atoms with Crippen LogP contribution in [0.5, 0.6) is 5.75 Å². The average molecular weight is 368 g/mol. The van der Waals surface area contributed by atoms with Crippen LogP contribution in [0.3, 0.4) is 0 Å². The molecule has 1 amide bonds. The first-order valence-electron chi connectivity index (χ1n) is 7.33. The number of aryl methyl sites for hydroxylation is 1. The molecule has 1 unspecified atom stereocenters. The maximum Gasteiger partial charge on any atom is 0.441 e. The number of H-pyrrole nitrogens is 1. The Balaban J connectivity index is 2.19. The Bertz CT molecular complexity index is 844. The molecular formula is C15H18N3O6S+. The number of hydrogen-bond donors (Lipinski definition) is 3. The highest BCUT2D eigenvalue weighted by atomic mass is 32.2. The first-order valence-corrected chi connectivity index (χ1v) is 8.21. The summed E-state index contributed by atoms with van der Waals surface area (Å²) in [5.74, 6) is -1.20. The molecule has 10 heteroatoms. The number of carbonyl (C=O) groups excluding carboxylic acids is 1. The van der Waals surface area contributed by atoms with Gasteiger partial charge in [0.1, 0.15) is 5.75 Å². The SMILES string of the molecule is CCC(Sc1c(=O)o[nH][n+]1C)C(=O)Nc1ccc(C(=O)O)cc1OC. The fraction of sp³-hybridized carbons (Fsp3) is 0.333. The molecule has 1 aromatic carbocycles. The largest absolute Gasteiger partial charge is 0.495 e. The number of nitrogens with one attached hydrogen (secondary N) is 2. The molecule has 0 aliphatic rings. The summed E-state index contributed by atoms with van der Waals surface area (Å²) >= 11 is 1.08. The normalized spacial score (nSPS) is 11.8. The van der Waals surface area contributed by atoms with Crippen molar-refractivity contribution in [3.63, 3.8) is 0 Å². The lowest BCUT2D eigenvalue weighted by Crippen LogP contribution is -2.35. The lowest BCUT2D eigenvalue weighted by Gasteiger charge is -2.14. The van der Waals surface area contributed by atoms with Gasteiger partial charge in [0.25, 0.3) is 0 Å². The first-order chi connectivity index (χ1) is 11.9. The highest BCUT2D eigenvalue weighted by Crippen LogP contribution is 2.28. The molecule has 2 rings (SSSR count). The van der Waals surface area contributed by atoms with Gasteiger partial charge in [0.15, 0.2) is 7.05 Å². The number of ether oxygens (including phenoxy) is 1. The summed E-state index contributed by atoms with van der Waals surface area (Å²) in [6.07, 6.45) is 0.469. The molecule has 0 aliphatic carbocycles. The van der Waals surface area contributed by atoms with Crippen LogP contribution >= 0.6 is 11.8 Å². The molecule has 9 nitrogen and oxygen atoms in total. The molecule has 0 radical (unpaired) electrons. The van der Waals surface area contributed by atoms with Crippen LogP contribution in [0.4, 0.5) is 5.69 Å². The Morgan fingerprint density at radius 1 is 1.48 bits per heavy atom. The number of hydrogen-bond acceptors (Lipinski definition) is 6. The van der Waals surface area contributed by atoms with E-state index < -0.39 is 16.8 Å². The van der Waals surface area contributed by atoms with Gasteiger partial charge in [-0.2, -0.15) is 0 Å². The number of aromatic nitrogens is 2. The van der Waals surface area contributed by atoms with Crippen LogP contribution in [0.1, 0.15) is 23.7 Å². The summed E-state index contributed by atoms with van der Waals surface area (Å²) in [6.45, 7) is 1.82. The molecule has 0 spiro atoms. The van der Waals surface area contributed by atoms with E-state index in [9.17, 15) is 14.4 Å². The van der Waals surface area contributed by atoms with Gasteiger partial charge in [-0.3, -0.25) is 9.32 Å². The number of carbonyl (C=O) groups is 2. The molecule has 1 atom stereocenters. The molecule has 0 aliphatic heterocycles. The van der Waals surface area contributed by atoms with Crippen molar-refractivity contribution in [3.05, 3.63) is 34.2 Å². The first kappa shape index (κ1) is 18.6. The summed E-state index contributed by atoms with van der Waals surface area (Å²) in [4.78, 5) is 35.2. The van der Waals surface area contributed by atoms with Crippen LogP contribution in [0.2, 0.25) is 0 Å². The van der Waals surface area contributed by atoms with Crippen LogP contribution in [0, 0.1) is 0 Å². The number of thioether (sulfide) groups is 1. The van der Waals surface area contributed by atoms with E-state index in [0.717, 1.165) is 11.8 Å². The van der Waals surface area contributed by atoms with Crippen molar-refractivity contribution in [2.24, 2.45) is 7.05 Å². The number of aromatic carboxylic acids is 1. The van der Waals surface area contributed by atoms with Gasteiger partial charge in [0, 0.05) is 0 Å². The van der Waals surface area contributed by atoms with Crippen LogP contribution in [-0.4, -0.2) is 34.6 Å². The zero-order chi connectivity index (χ0) is 18.6. The fourth-order valence-corrected chi connectivity index (χ4v) is 2.99. The molecule has 1 heterocycles. The molecule has 1 aromatic heterocycles. The van der Waals surface area contributed by atoms with Crippen LogP contribution in [-0.2, 0) is 11.8 Å². The molecule has 2 aromatic rings. The van der Waals surface area contributed by atoms with Crippen molar-refractivity contribution in [2.45, 2.75) is 23.6 Å². The van der Waals surface area contributed by atoms with E-state index in [2.05, 4.69) is 15.1 Å². The number of methoxy groups -OCH3 is 1. The van der Waals surface area contributed by atoms with Crippen molar-refractivity contribution in [3.8, 4) is 5.75 Å². The minimum Gasteiger partial charge on any atom is -0.495 e. The molecule has 134 valence electrons. The number of anilines is 1. The van der Waals surface area contributed by atoms with E-state index in [1.54, 1.807) is 7.05 Å². The van der Waals surface area contributed by atoms with E-state index in [-0.39, 0.29) is 22.2 Å². The zero-order valence-corrected chi connectivity index (χ0v) is 14.7. The topological polar surface area (TPSA) is 126 Å². The Hall–Kier alpha value is -2.75. The summed E-state index contributed by atoms with van der Waals surface area (Å²) in [6, 6.07) is 4.16. The Labute approximate surface area is 146 Å². The summed E-state index contributed by atoms with van der Waals surface area (Å²) in [5, 5.41) is 13.8. The van der Waals surface area contributed by atoms with Crippen molar-refractivity contribution in [1.29, 1.82) is 0 Å². The van der Waals surface area contributed by atoms with E-state index in [1.807, 2.05) is 6.92 Å². The number of amides is 1. The molecular weight excluding hydrogens is 350 g/mol. The quantitative estimate of drug-likeness (QED) is 0.492. The number of carboxylic acids is 1. The number of rotatable bonds is 7. The van der Waals surface area contributed by atoms with Gasteiger partial charge >= 0.3 is 16.6 Å². The van der Waals surface area contributed by atoms with Gasteiger partial charge in [-0.25, -0.2) is 9.59 Å². The van der Waals surface area contributed by atoms with Crippen LogP contribution < -0.4 is 20.4 Å². The lowest BCUT2D eigenvalue weighted by atomic mass is 10.2. The van der Waals surface area contributed by atoms with Gasteiger partial charge in [-0.15, -0.1) is 0 Å². The third-order valence-corrected chi connectivity index (χ3v) is 4.87. The third kappa shape index (κ3) is 4.21. The minimum atomic E-state index is -1.09. The second-order valence-corrected chi connectivity index (χ2v) is 6.26. The monoisotopic (exact) mass is 368 g/mol. The molecule has 0 bridgehead atoms. The van der Waals surface area contributed by atoms with Gasteiger partial charge in [0.2, 0.25) is 5.91 Å². The predicted octanol–water partition coefficient (Wildman–Crippen LogP) is 1.01. The highest BCUT2D eigenvalue weighted by Gasteiger charge is 2.28. The minimum absolute atomic E-state index is 0.0493. The zero-order valence-electron chi connectivity index (χ0n) is 13.9. The standard InChI is InChI=1S/C15H17N3O6S/c1-4-11(25-13-15(22)24-17-18(13)2)12(19)16-9-6-5-8(14(20)21)7-10(9)23-3/h5-7,11H,4H2,1-3H3,(H2-,16,17,19,20,21,22)/p+1.